The Balaban J connectivity index is 1.72. The minimum Gasteiger partial charge on any atom is -0.314 e. The second kappa shape index (κ2) is 5.40. The maximum atomic E-state index is 6.35. The summed E-state index contributed by atoms with van der Waals surface area (Å²) in [5.41, 5.74) is 1.29. The Hall–Kier alpha value is -0.240. The molecule has 2 aliphatic rings. The van der Waals surface area contributed by atoms with E-state index in [0.717, 1.165) is 28.5 Å². The summed E-state index contributed by atoms with van der Waals surface area (Å²) in [7, 11) is 0. The van der Waals surface area contributed by atoms with Gasteiger partial charge in [0.2, 0.25) is 0 Å². The third kappa shape index (κ3) is 2.84. The Morgan fingerprint density at radius 2 is 1.94 bits per heavy atom. The lowest BCUT2D eigenvalue weighted by atomic mass is 9.89. The van der Waals surface area contributed by atoms with Crippen LogP contribution in [0.2, 0.25) is 10.0 Å². The summed E-state index contributed by atoms with van der Waals surface area (Å²) in [6.45, 7) is 1.15. The molecule has 0 aliphatic heterocycles. The zero-order valence-corrected chi connectivity index (χ0v) is 12.0. The monoisotopic (exact) mass is 283 g/mol. The largest absolute Gasteiger partial charge is 0.314 e. The van der Waals surface area contributed by atoms with E-state index in [-0.39, 0.29) is 0 Å². The van der Waals surface area contributed by atoms with Crippen LogP contribution >= 0.6 is 23.2 Å². The molecular weight excluding hydrogens is 265 g/mol. The molecule has 1 nitrogen and oxygen atoms in total. The average Bonchev–Trinajstić information content (AvgIpc) is 3.06. The van der Waals surface area contributed by atoms with Gasteiger partial charge >= 0.3 is 0 Å². The topological polar surface area (TPSA) is 12.0 Å². The molecule has 0 spiro atoms. The summed E-state index contributed by atoms with van der Waals surface area (Å²) >= 11 is 12.3. The molecule has 1 aromatic carbocycles. The van der Waals surface area contributed by atoms with Crippen LogP contribution in [0.25, 0.3) is 0 Å². The highest BCUT2D eigenvalue weighted by molar-refractivity contribution is 6.35. The van der Waals surface area contributed by atoms with E-state index in [2.05, 4.69) is 11.4 Å². The van der Waals surface area contributed by atoms with Gasteiger partial charge in [0.1, 0.15) is 0 Å². The SMILES string of the molecule is Clc1ccc(C2CCCC2CNC2CC2)c(Cl)c1. The molecule has 0 radical (unpaired) electrons. The van der Waals surface area contributed by atoms with Gasteiger partial charge in [-0.05, 0) is 61.8 Å². The van der Waals surface area contributed by atoms with Crippen molar-refractivity contribution in [2.45, 2.75) is 44.1 Å². The molecule has 0 bridgehead atoms. The minimum atomic E-state index is 0.612. The van der Waals surface area contributed by atoms with E-state index in [1.165, 1.54) is 37.7 Å². The first-order valence-corrected chi connectivity index (χ1v) is 7.68. The van der Waals surface area contributed by atoms with Crippen LogP contribution in [0.5, 0.6) is 0 Å². The van der Waals surface area contributed by atoms with Gasteiger partial charge in [0.05, 0.1) is 0 Å². The second-order valence-electron chi connectivity index (χ2n) is 5.65. The first-order valence-electron chi connectivity index (χ1n) is 6.92. The van der Waals surface area contributed by atoms with Crippen molar-refractivity contribution < 1.29 is 0 Å². The summed E-state index contributed by atoms with van der Waals surface area (Å²) in [6.07, 6.45) is 6.63. The van der Waals surface area contributed by atoms with Gasteiger partial charge in [0.25, 0.3) is 0 Å². The van der Waals surface area contributed by atoms with Gasteiger partial charge in [-0.3, -0.25) is 0 Å². The predicted molar refractivity (Wildman–Crippen MR) is 77.6 cm³/mol. The fourth-order valence-corrected chi connectivity index (χ4v) is 3.65. The number of nitrogens with one attached hydrogen (secondary N) is 1. The number of benzene rings is 1. The molecule has 1 N–H and O–H groups in total. The van der Waals surface area contributed by atoms with Gasteiger partial charge in [-0.25, -0.2) is 0 Å². The Morgan fingerprint density at radius 3 is 2.67 bits per heavy atom. The van der Waals surface area contributed by atoms with Crippen molar-refractivity contribution in [2.24, 2.45) is 5.92 Å². The van der Waals surface area contributed by atoms with Crippen molar-refractivity contribution in [3.05, 3.63) is 33.8 Å². The second-order valence-corrected chi connectivity index (χ2v) is 6.49. The lowest BCUT2D eigenvalue weighted by Crippen LogP contribution is -2.26. The molecule has 3 rings (SSSR count). The first kappa shape index (κ1) is 12.8. The standard InChI is InChI=1S/C15H19Cl2N/c16-11-4-7-14(15(17)8-11)13-3-1-2-10(13)9-18-12-5-6-12/h4,7-8,10,12-13,18H,1-3,5-6,9H2. The van der Waals surface area contributed by atoms with Crippen molar-refractivity contribution in [1.29, 1.82) is 0 Å². The summed E-state index contributed by atoms with van der Waals surface area (Å²) < 4.78 is 0. The van der Waals surface area contributed by atoms with E-state index in [1.807, 2.05) is 12.1 Å². The van der Waals surface area contributed by atoms with E-state index in [1.54, 1.807) is 0 Å². The summed E-state index contributed by atoms with van der Waals surface area (Å²) in [6, 6.07) is 6.76. The normalized spacial score (nSPS) is 27.7. The number of hydrogen-bond acceptors (Lipinski definition) is 1. The molecule has 0 amide bonds. The molecule has 2 fully saturated rings. The molecule has 0 aromatic heterocycles. The van der Waals surface area contributed by atoms with E-state index < -0.39 is 0 Å². The van der Waals surface area contributed by atoms with E-state index >= 15 is 0 Å². The molecule has 2 saturated carbocycles. The van der Waals surface area contributed by atoms with Gasteiger partial charge in [-0.2, -0.15) is 0 Å². The van der Waals surface area contributed by atoms with Crippen LogP contribution in [0.15, 0.2) is 18.2 Å². The molecule has 98 valence electrons. The maximum absolute atomic E-state index is 6.35. The maximum Gasteiger partial charge on any atom is 0.0455 e. The molecule has 0 saturated heterocycles. The fraction of sp³-hybridized carbons (Fsp3) is 0.600. The highest BCUT2D eigenvalue weighted by Crippen LogP contribution is 2.42. The molecule has 1 aromatic rings. The third-order valence-electron chi connectivity index (χ3n) is 4.27. The van der Waals surface area contributed by atoms with Crippen molar-refractivity contribution in [2.75, 3.05) is 6.54 Å². The molecular formula is C15H19Cl2N. The van der Waals surface area contributed by atoms with Crippen molar-refractivity contribution in [1.82, 2.24) is 5.32 Å². The average molecular weight is 284 g/mol. The summed E-state index contributed by atoms with van der Waals surface area (Å²) in [5, 5.41) is 5.23. The fourth-order valence-electron chi connectivity index (χ4n) is 3.10. The predicted octanol–water partition coefficient (Wildman–Crippen LogP) is 4.63. The lowest BCUT2D eigenvalue weighted by Gasteiger charge is -2.21. The zero-order chi connectivity index (χ0) is 12.5. The van der Waals surface area contributed by atoms with Crippen LogP contribution in [0.1, 0.15) is 43.6 Å². The summed E-state index contributed by atoms with van der Waals surface area (Å²) in [5.74, 6) is 1.35. The van der Waals surface area contributed by atoms with E-state index in [9.17, 15) is 0 Å². The van der Waals surface area contributed by atoms with Crippen LogP contribution in [0.4, 0.5) is 0 Å². The van der Waals surface area contributed by atoms with E-state index in [0.29, 0.717) is 5.92 Å². The minimum absolute atomic E-state index is 0.612. The molecule has 2 aliphatic carbocycles. The van der Waals surface area contributed by atoms with Crippen LogP contribution in [0, 0.1) is 5.92 Å². The Bertz CT molecular complexity index is 429. The smallest absolute Gasteiger partial charge is 0.0455 e. The van der Waals surface area contributed by atoms with Gasteiger partial charge in [0.15, 0.2) is 0 Å². The molecule has 0 heterocycles. The van der Waals surface area contributed by atoms with Crippen LogP contribution in [0.3, 0.4) is 0 Å². The quantitative estimate of drug-likeness (QED) is 0.850. The van der Waals surface area contributed by atoms with Gasteiger partial charge in [-0.1, -0.05) is 35.7 Å². The first-order chi connectivity index (χ1) is 8.74. The highest BCUT2D eigenvalue weighted by Gasteiger charge is 2.31. The van der Waals surface area contributed by atoms with Crippen LogP contribution in [-0.2, 0) is 0 Å². The molecule has 18 heavy (non-hydrogen) atoms. The van der Waals surface area contributed by atoms with Crippen molar-refractivity contribution >= 4 is 23.2 Å². The zero-order valence-electron chi connectivity index (χ0n) is 10.5. The van der Waals surface area contributed by atoms with Gasteiger partial charge in [0, 0.05) is 16.1 Å². The van der Waals surface area contributed by atoms with Crippen LogP contribution < -0.4 is 5.32 Å². The van der Waals surface area contributed by atoms with Gasteiger partial charge in [-0.15, -0.1) is 0 Å². The highest BCUT2D eigenvalue weighted by atomic mass is 35.5. The van der Waals surface area contributed by atoms with Gasteiger partial charge < -0.3 is 5.32 Å². The summed E-state index contributed by atoms with van der Waals surface area (Å²) in [4.78, 5) is 0. The molecule has 2 unspecified atom stereocenters. The lowest BCUT2D eigenvalue weighted by molar-refractivity contribution is 0.443. The molecule has 3 heteroatoms. The van der Waals surface area contributed by atoms with E-state index in [4.69, 9.17) is 23.2 Å². The van der Waals surface area contributed by atoms with Crippen molar-refractivity contribution in [3.63, 3.8) is 0 Å². The Kier molecular flexibility index (Phi) is 3.83. The number of hydrogen-bond donors (Lipinski definition) is 1. The van der Waals surface area contributed by atoms with Crippen molar-refractivity contribution in [3.8, 4) is 0 Å². The van der Waals surface area contributed by atoms with Crippen LogP contribution in [-0.4, -0.2) is 12.6 Å². The third-order valence-corrected chi connectivity index (χ3v) is 4.83. The number of rotatable bonds is 4. The molecule has 2 atom stereocenters. The number of halogens is 2. The Morgan fingerprint density at radius 1 is 1.11 bits per heavy atom. The Labute approximate surface area is 119 Å².